The van der Waals surface area contributed by atoms with Crippen LogP contribution in [0.5, 0.6) is 0 Å². The van der Waals surface area contributed by atoms with Gasteiger partial charge in [-0.3, -0.25) is 9.39 Å². The summed E-state index contributed by atoms with van der Waals surface area (Å²) in [4.78, 5) is 4.32. The van der Waals surface area contributed by atoms with Gasteiger partial charge in [-0.25, -0.2) is 0 Å². The highest BCUT2D eigenvalue weighted by molar-refractivity contribution is 14.0. The molecule has 1 aliphatic rings. The second kappa shape index (κ2) is 8.34. The molecule has 1 aromatic carbocycles. The summed E-state index contributed by atoms with van der Waals surface area (Å²) in [6.07, 6.45) is 3.09. The summed E-state index contributed by atoms with van der Waals surface area (Å²) in [5.74, 6) is 2.19. The lowest BCUT2D eigenvalue weighted by Gasteiger charge is -2.11. The molecule has 0 saturated heterocycles. The van der Waals surface area contributed by atoms with Crippen molar-refractivity contribution in [1.82, 2.24) is 25.2 Å². The van der Waals surface area contributed by atoms with E-state index in [-0.39, 0.29) is 24.0 Å². The molecule has 136 valence electrons. The second-order valence-corrected chi connectivity index (χ2v) is 7.03. The number of pyridine rings is 1. The highest BCUT2D eigenvalue weighted by Crippen LogP contribution is 2.40. The molecule has 0 amide bonds. The molecule has 2 atom stereocenters. The number of nitrogens with zero attached hydrogens (tertiary/aromatic N) is 4. The summed E-state index contributed by atoms with van der Waals surface area (Å²) in [6.45, 7) is 0.570. The first-order valence-electron chi connectivity index (χ1n) is 8.26. The number of benzene rings is 1. The smallest absolute Gasteiger partial charge is 0.191 e. The third-order valence-electron chi connectivity index (χ3n) is 4.43. The molecule has 1 fully saturated rings. The third-order valence-corrected chi connectivity index (χ3v) is 4.96. The van der Waals surface area contributed by atoms with Crippen molar-refractivity contribution < 1.29 is 0 Å². The average Bonchev–Trinajstić information content (AvgIpc) is 3.29. The van der Waals surface area contributed by atoms with Crippen LogP contribution < -0.4 is 10.6 Å². The summed E-state index contributed by atoms with van der Waals surface area (Å²) >= 11 is 3.48. The number of aliphatic imine (C=N–C) groups is 1. The Bertz CT molecular complexity index is 907. The summed E-state index contributed by atoms with van der Waals surface area (Å²) in [5, 5.41) is 15.2. The highest BCUT2D eigenvalue weighted by Gasteiger charge is 2.38. The maximum atomic E-state index is 4.32. The molecule has 8 heteroatoms. The lowest BCUT2D eigenvalue weighted by Crippen LogP contribution is -2.38. The lowest BCUT2D eigenvalue weighted by atomic mass is 10.1. The Morgan fingerprint density at radius 2 is 2.04 bits per heavy atom. The van der Waals surface area contributed by atoms with Crippen LogP contribution in [0.4, 0.5) is 0 Å². The minimum atomic E-state index is 0. The normalized spacial score (nSPS) is 19.1. The first kappa shape index (κ1) is 19.1. The van der Waals surface area contributed by atoms with Crippen LogP contribution in [0.25, 0.3) is 5.65 Å². The Kier molecular flexibility index (Phi) is 6.13. The molecule has 1 saturated carbocycles. The first-order chi connectivity index (χ1) is 12.2. The van der Waals surface area contributed by atoms with Crippen molar-refractivity contribution in [2.24, 2.45) is 4.99 Å². The number of aromatic nitrogens is 3. The van der Waals surface area contributed by atoms with Gasteiger partial charge in [0.15, 0.2) is 17.4 Å². The Hall–Kier alpha value is -1.68. The topological polar surface area (TPSA) is 66.6 Å². The van der Waals surface area contributed by atoms with Crippen molar-refractivity contribution in [3.8, 4) is 0 Å². The summed E-state index contributed by atoms with van der Waals surface area (Å²) < 4.78 is 3.08. The molecule has 26 heavy (non-hydrogen) atoms. The number of fused-ring (bicyclic) bond motifs is 1. The fourth-order valence-corrected chi connectivity index (χ4v) is 3.24. The van der Waals surface area contributed by atoms with Gasteiger partial charge in [0.25, 0.3) is 0 Å². The van der Waals surface area contributed by atoms with Crippen molar-refractivity contribution in [3.05, 3.63) is 64.5 Å². The minimum Gasteiger partial charge on any atom is -0.353 e. The maximum absolute atomic E-state index is 4.32. The van der Waals surface area contributed by atoms with Gasteiger partial charge in [0.05, 0.1) is 6.54 Å². The molecule has 1 aliphatic carbocycles. The lowest BCUT2D eigenvalue weighted by molar-refractivity contribution is 0.753. The molecule has 4 rings (SSSR count). The van der Waals surface area contributed by atoms with Crippen molar-refractivity contribution in [2.75, 3.05) is 7.05 Å². The zero-order valence-electron chi connectivity index (χ0n) is 14.3. The number of nitrogens with one attached hydrogen (secondary N) is 2. The highest BCUT2D eigenvalue weighted by atomic mass is 127. The van der Waals surface area contributed by atoms with Crippen LogP contribution in [0.15, 0.2) is 58.1 Å². The van der Waals surface area contributed by atoms with Crippen molar-refractivity contribution in [3.63, 3.8) is 0 Å². The van der Waals surface area contributed by atoms with Crippen molar-refractivity contribution >= 4 is 51.5 Å². The molecule has 3 aromatic rings. The number of hydrogen-bond donors (Lipinski definition) is 2. The van der Waals surface area contributed by atoms with Gasteiger partial charge in [-0.15, -0.1) is 34.2 Å². The van der Waals surface area contributed by atoms with Gasteiger partial charge >= 0.3 is 0 Å². The number of hydrogen-bond acceptors (Lipinski definition) is 3. The van der Waals surface area contributed by atoms with E-state index < -0.39 is 0 Å². The number of halogens is 2. The van der Waals surface area contributed by atoms with Crippen LogP contribution >= 0.6 is 39.9 Å². The SMILES string of the molecule is CN=C(NCc1nnc2ccccn12)NC1CC1c1ccc(Br)cc1.I. The zero-order chi connectivity index (χ0) is 17.2. The van der Waals surface area contributed by atoms with Gasteiger partial charge in [-0.2, -0.15) is 0 Å². The van der Waals surface area contributed by atoms with E-state index in [2.05, 4.69) is 66.0 Å². The molecule has 2 heterocycles. The monoisotopic (exact) mass is 526 g/mol. The van der Waals surface area contributed by atoms with Crippen LogP contribution in [-0.2, 0) is 6.54 Å². The van der Waals surface area contributed by atoms with Gasteiger partial charge < -0.3 is 10.6 Å². The van der Waals surface area contributed by atoms with Gasteiger partial charge in [0.2, 0.25) is 0 Å². The van der Waals surface area contributed by atoms with Crippen LogP contribution in [0.2, 0.25) is 0 Å². The zero-order valence-corrected chi connectivity index (χ0v) is 18.2. The summed E-state index contributed by atoms with van der Waals surface area (Å²) in [5.41, 5.74) is 2.21. The minimum absolute atomic E-state index is 0. The third kappa shape index (κ3) is 4.17. The predicted molar refractivity (Wildman–Crippen MR) is 117 cm³/mol. The Labute approximate surface area is 177 Å². The molecule has 0 bridgehead atoms. The standard InChI is InChI=1S/C18H19BrN6.HI/c1-20-18(21-11-17-24-23-16-4-2-3-9-25(16)17)22-15-10-14(15)12-5-7-13(19)8-6-12;/h2-9,14-15H,10-11H2,1H3,(H2,20,21,22);1H. The van der Waals surface area contributed by atoms with Crippen LogP contribution in [-0.4, -0.2) is 33.6 Å². The average molecular weight is 527 g/mol. The van der Waals surface area contributed by atoms with E-state index in [1.807, 2.05) is 28.8 Å². The fraction of sp³-hybridized carbons (Fsp3) is 0.278. The van der Waals surface area contributed by atoms with Crippen LogP contribution in [0.3, 0.4) is 0 Å². The Morgan fingerprint density at radius 3 is 2.81 bits per heavy atom. The molecule has 2 N–H and O–H groups in total. The molecule has 0 radical (unpaired) electrons. The fourth-order valence-electron chi connectivity index (χ4n) is 2.98. The van der Waals surface area contributed by atoms with E-state index in [9.17, 15) is 0 Å². The molecule has 2 unspecified atom stereocenters. The maximum Gasteiger partial charge on any atom is 0.191 e. The van der Waals surface area contributed by atoms with E-state index >= 15 is 0 Å². The molecule has 6 nitrogen and oxygen atoms in total. The van der Waals surface area contributed by atoms with Gasteiger partial charge in [0.1, 0.15) is 0 Å². The summed E-state index contributed by atoms with van der Waals surface area (Å²) in [7, 11) is 1.79. The van der Waals surface area contributed by atoms with E-state index in [0.29, 0.717) is 18.5 Å². The van der Waals surface area contributed by atoms with Crippen molar-refractivity contribution in [1.29, 1.82) is 0 Å². The number of guanidine groups is 1. The van der Waals surface area contributed by atoms with E-state index in [1.165, 1.54) is 5.56 Å². The van der Waals surface area contributed by atoms with Gasteiger partial charge in [0, 0.05) is 29.7 Å². The van der Waals surface area contributed by atoms with E-state index in [1.54, 1.807) is 7.05 Å². The van der Waals surface area contributed by atoms with E-state index in [4.69, 9.17) is 0 Å². The summed E-state index contributed by atoms with van der Waals surface area (Å²) in [6, 6.07) is 14.8. The van der Waals surface area contributed by atoms with Crippen LogP contribution in [0.1, 0.15) is 23.7 Å². The molecule has 0 spiro atoms. The first-order valence-corrected chi connectivity index (χ1v) is 9.05. The molecule has 2 aromatic heterocycles. The Balaban J connectivity index is 0.00000196. The molecular weight excluding hydrogens is 507 g/mol. The van der Waals surface area contributed by atoms with E-state index in [0.717, 1.165) is 28.3 Å². The van der Waals surface area contributed by atoms with Gasteiger partial charge in [-0.05, 0) is 36.2 Å². The molecular formula is C18H20BrIN6. The number of rotatable bonds is 4. The largest absolute Gasteiger partial charge is 0.353 e. The predicted octanol–water partition coefficient (Wildman–Crippen LogP) is 3.33. The second-order valence-electron chi connectivity index (χ2n) is 6.12. The van der Waals surface area contributed by atoms with Crippen molar-refractivity contribution in [2.45, 2.75) is 24.9 Å². The Morgan fingerprint density at radius 1 is 1.23 bits per heavy atom. The van der Waals surface area contributed by atoms with Crippen LogP contribution in [0, 0.1) is 0 Å². The van der Waals surface area contributed by atoms with Gasteiger partial charge in [-0.1, -0.05) is 34.1 Å². The quantitative estimate of drug-likeness (QED) is 0.311. The molecule has 0 aliphatic heterocycles.